The Morgan fingerprint density at radius 2 is 2.04 bits per heavy atom. The van der Waals surface area contributed by atoms with Gasteiger partial charge >= 0.3 is 5.97 Å². The van der Waals surface area contributed by atoms with Crippen LogP contribution in [0.5, 0.6) is 0 Å². The molecule has 8 heteroatoms. The maximum absolute atomic E-state index is 12.2. The van der Waals surface area contributed by atoms with Crippen LogP contribution >= 0.6 is 11.3 Å². The van der Waals surface area contributed by atoms with Crippen molar-refractivity contribution >= 4 is 27.3 Å². The molecule has 1 aliphatic rings. The predicted octanol–water partition coefficient (Wildman–Crippen LogP) is 1.78. The van der Waals surface area contributed by atoms with Gasteiger partial charge < -0.3 is 5.11 Å². The Balaban J connectivity index is 1.55. The van der Waals surface area contributed by atoms with Gasteiger partial charge in [-0.25, -0.2) is 17.9 Å². The highest BCUT2D eigenvalue weighted by atomic mass is 32.2. The smallest absolute Gasteiger partial charge is 0.336 e. The molecular formula is C16H18N2O4S2. The lowest BCUT2D eigenvalue weighted by molar-refractivity contribution is 0.0697. The first-order valence-corrected chi connectivity index (χ1v) is 9.92. The first kappa shape index (κ1) is 17.1. The summed E-state index contributed by atoms with van der Waals surface area (Å²) in [4.78, 5) is 13.1. The molecule has 0 fully saturated rings. The average molecular weight is 366 g/mol. The molecule has 6 nitrogen and oxygen atoms in total. The summed E-state index contributed by atoms with van der Waals surface area (Å²) in [6.07, 6.45) is 0.968. The molecule has 0 atom stereocenters. The Bertz CT molecular complexity index is 845. The molecule has 0 amide bonds. The zero-order chi connectivity index (χ0) is 17.2. The number of carboxylic acid groups (broad SMARTS) is 1. The summed E-state index contributed by atoms with van der Waals surface area (Å²) in [5.74, 6) is -1.13. The second-order valence-electron chi connectivity index (χ2n) is 5.65. The third-order valence-electron chi connectivity index (χ3n) is 4.02. The van der Waals surface area contributed by atoms with Gasteiger partial charge in [0, 0.05) is 31.6 Å². The minimum absolute atomic E-state index is 0.00647. The summed E-state index contributed by atoms with van der Waals surface area (Å²) in [5, 5.41) is 10.2. The van der Waals surface area contributed by atoms with Crippen molar-refractivity contribution < 1.29 is 18.3 Å². The van der Waals surface area contributed by atoms with Gasteiger partial charge in [0.2, 0.25) is 10.0 Å². The van der Waals surface area contributed by atoms with Gasteiger partial charge in [0.25, 0.3) is 0 Å². The van der Waals surface area contributed by atoms with Gasteiger partial charge in [0.1, 0.15) is 4.21 Å². The number of sulfonamides is 1. The number of hydrogen-bond acceptors (Lipinski definition) is 5. The maximum Gasteiger partial charge on any atom is 0.336 e. The number of rotatable bonds is 6. The van der Waals surface area contributed by atoms with Crippen LogP contribution in [-0.2, 0) is 23.0 Å². The Morgan fingerprint density at radius 3 is 2.75 bits per heavy atom. The molecule has 3 rings (SSSR count). The standard InChI is InChI=1S/C16H18N2O4S2/c19-16(20)14-9-15(23-11-14)24(21,22)17-6-8-18-7-5-12-3-1-2-4-13(12)10-18/h1-4,9,11,17H,5-8,10H2,(H,19,20). The fraction of sp³-hybridized carbons (Fsp3) is 0.312. The minimum atomic E-state index is -3.66. The van der Waals surface area contributed by atoms with E-state index in [-0.39, 0.29) is 9.77 Å². The van der Waals surface area contributed by atoms with Gasteiger partial charge in [-0.05, 0) is 23.6 Å². The van der Waals surface area contributed by atoms with E-state index in [2.05, 4.69) is 21.8 Å². The quantitative estimate of drug-likeness (QED) is 0.814. The molecule has 1 aromatic heterocycles. The van der Waals surface area contributed by atoms with Crippen LogP contribution in [0.1, 0.15) is 21.5 Å². The fourth-order valence-corrected chi connectivity index (χ4v) is 4.94. The normalized spacial score (nSPS) is 15.2. The van der Waals surface area contributed by atoms with Crippen molar-refractivity contribution in [2.24, 2.45) is 0 Å². The van der Waals surface area contributed by atoms with Gasteiger partial charge in [0.05, 0.1) is 5.56 Å². The summed E-state index contributed by atoms with van der Waals surface area (Å²) >= 11 is 0.917. The van der Waals surface area contributed by atoms with Crippen LogP contribution in [0.3, 0.4) is 0 Å². The zero-order valence-corrected chi connectivity index (χ0v) is 14.6. The van der Waals surface area contributed by atoms with Gasteiger partial charge in [-0.15, -0.1) is 11.3 Å². The number of hydrogen-bond donors (Lipinski definition) is 2. The SMILES string of the molecule is O=C(O)c1csc(S(=O)(=O)NCCN2CCc3ccccc3C2)c1. The molecular weight excluding hydrogens is 348 g/mol. The van der Waals surface area contributed by atoms with Gasteiger partial charge in [0.15, 0.2) is 0 Å². The van der Waals surface area contributed by atoms with Gasteiger partial charge in [-0.2, -0.15) is 0 Å². The Morgan fingerprint density at radius 1 is 1.29 bits per heavy atom. The number of aromatic carboxylic acids is 1. The van der Waals surface area contributed by atoms with Crippen molar-refractivity contribution in [1.29, 1.82) is 0 Å². The lowest BCUT2D eigenvalue weighted by Gasteiger charge is -2.28. The second kappa shape index (κ2) is 7.02. The Kier molecular flexibility index (Phi) is 5.00. The lowest BCUT2D eigenvalue weighted by atomic mass is 10.0. The molecule has 0 saturated carbocycles. The number of carboxylic acids is 1. The Hall–Kier alpha value is -1.74. The van der Waals surface area contributed by atoms with Crippen LogP contribution in [0.4, 0.5) is 0 Å². The van der Waals surface area contributed by atoms with Gasteiger partial charge in [-0.1, -0.05) is 24.3 Å². The number of thiophene rings is 1. The largest absolute Gasteiger partial charge is 0.478 e. The maximum atomic E-state index is 12.2. The molecule has 0 radical (unpaired) electrons. The first-order chi connectivity index (χ1) is 11.5. The summed E-state index contributed by atoms with van der Waals surface area (Å²) in [5.41, 5.74) is 2.64. The summed E-state index contributed by atoms with van der Waals surface area (Å²) in [6, 6.07) is 9.47. The van der Waals surface area contributed by atoms with E-state index in [4.69, 9.17) is 5.11 Å². The molecule has 128 valence electrons. The van der Waals surface area contributed by atoms with E-state index < -0.39 is 16.0 Å². The average Bonchev–Trinajstić information content (AvgIpc) is 3.06. The molecule has 2 aromatic rings. The molecule has 0 spiro atoms. The molecule has 1 aliphatic heterocycles. The van der Waals surface area contributed by atoms with E-state index in [1.165, 1.54) is 22.6 Å². The molecule has 24 heavy (non-hydrogen) atoms. The third-order valence-corrected chi connectivity index (χ3v) is 6.92. The second-order valence-corrected chi connectivity index (χ2v) is 8.56. The van der Waals surface area contributed by atoms with Crippen LogP contribution in [0.15, 0.2) is 39.9 Å². The van der Waals surface area contributed by atoms with Crippen LogP contribution in [0, 0.1) is 0 Å². The van der Waals surface area contributed by atoms with E-state index in [1.807, 2.05) is 12.1 Å². The third kappa shape index (κ3) is 3.84. The van der Waals surface area contributed by atoms with E-state index in [9.17, 15) is 13.2 Å². The zero-order valence-electron chi connectivity index (χ0n) is 12.9. The first-order valence-electron chi connectivity index (χ1n) is 7.56. The summed E-state index contributed by atoms with van der Waals surface area (Å²) < 4.78 is 27.0. The molecule has 2 N–H and O–H groups in total. The van der Waals surface area contributed by atoms with Crippen molar-refractivity contribution in [1.82, 2.24) is 9.62 Å². The highest BCUT2D eigenvalue weighted by Gasteiger charge is 2.20. The van der Waals surface area contributed by atoms with Crippen molar-refractivity contribution in [2.75, 3.05) is 19.6 Å². The number of carbonyl (C=O) groups is 1. The number of nitrogens with zero attached hydrogens (tertiary/aromatic N) is 1. The molecule has 0 aliphatic carbocycles. The Labute approximate surface area is 144 Å². The van der Waals surface area contributed by atoms with Crippen LogP contribution in [0.25, 0.3) is 0 Å². The minimum Gasteiger partial charge on any atom is -0.478 e. The highest BCUT2D eigenvalue weighted by Crippen LogP contribution is 2.20. The molecule has 0 bridgehead atoms. The highest BCUT2D eigenvalue weighted by molar-refractivity contribution is 7.91. The molecule has 0 saturated heterocycles. The van der Waals surface area contributed by atoms with Crippen molar-refractivity contribution in [2.45, 2.75) is 17.2 Å². The monoisotopic (exact) mass is 366 g/mol. The summed E-state index contributed by atoms with van der Waals surface area (Å²) in [7, 11) is -3.66. The van der Waals surface area contributed by atoms with Crippen molar-refractivity contribution in [3.8, 4) is 0 Å². The molecule has 1 aromatic carbocycles. The van der Waals surface area contributed by atoms with E-state index >= 15 is 0 Å². The van der Waals surface area contributed by atoms with Gasteiger partial charge in [-0.3, -0.25) is 4.90 Å². The van der Waals surface area contributed by atoms with Crippen molar-refractivity contribution in [3.63, 3.8) is 0 Å². The van der Waals surface area contributed by atoms with E-state index in [0.29, 0.717) is 13.1 Å². The molecule has 0 unspecified atom stereocenters. The lowest BCUT2D eigenvalue weighted by Crippen LogP contribution is -2.37. The van der Waals surface area contributed by atoms with Crippen LogP contribution < -0.4 is 4.72 Å². The van der Waals surface area contributed by atoms with Crippen LogP contribution in [0.2, 0.25) is 0 Å². The van der Waals surface area contributed by atoms with Crippen molar-refractivity contribution in [3.05, 3.63) is 52.4 Å². The summed E-state index contributed by atoms with van der Waals surface area (Å²) in [6.45, 7) is 2.64. The predicted molar refractivity (Wildman–Crippen MR) is 91.9 cm³/mol. The molecule has 2 heterocycles. The number of benzene rings is 1. The fourth-order valence-electron chi connectivity index (χ4n) is 2.72. The number of fused-ring (bicyclic) bond motifs is 1. The topological polar surface area (TPSA) is 86.7 Å². The van der Waals surface area contributed by atoms with E-state index in [0.717, 1.165) is 30.8 Å². The van der Waals surface area contributed by atoms with Crippen LogP contribution in [-0.4, -0.2) is 44.0 Å². The number of nitrogens with one attached hydrogen (secondary N) is 1. The van der Waals surface area contributed by atoms with E-state index in [1.54, 1.807) is 0 Å².